The van der Waals surface area contributed by atoms with Crippen molar-refractivity contribution >= 4 is 11.6 Å². The fourth-order valence-electron chi connectivity index (χ4n) is 3.59. The molecule has 1 aliphatic carbocycles. The van der Waals surface area contributed by atoms with Crippen LogP contribution >= 0.6 is 0 Å². The van der Waals surface area contributed by atoms with E-state index in [2.05, 4.69) is 31.1 Å². The molecule has 1 fully saturated rings. The SMILES string of the molecule is CC(C)(C)C1CC(NC(=O)c2ccc3nc(-c4ccccc4)cn3c2)C1. The number of nitrogens with zero attached hydrogens (tertiary/aromatic N) is 2. The number of rotatable bonds is 3. The second-order valence-corrected chi connectivity index (χ2v) is 8.38. The van der Waals surface area contributed by atoms with Gasteiger partial charge in [-0.2, -0.15) is 0 Å². The Kier molecular flexibility index (Phi) is 4.06. The van der Waals surface area contributed by atoms with E-state index in [9.17, 15) is 4.79 Å². The van der Waals surface area contributed by atoms with Crippen LogP contribution in [0.1, 0.15) is 44.0 Å². The first kappa shape index (κ1) is 16.8. The number of benzene rings is 1. The Bertz CT molecular complexity index is 931. The van der Waals surface area contributed by atoms with Crippen LogP contribution in [-0.4, -0.2) is 21.3 Å². The van der Waals surface area contributed by atoms with Crippen molar-refractivity contribution < 1.29 is 4.79 Å². The summed E-state index contributed by atoms with van der Waals surface area (Å²) in [6.45, 7) is 6.81. The first-order chi connectivity index (χ1) is 12.4. The largest absolute Gasteiger partial charge is 0.349 e. The Labute approximate surface area is 154 Å². The summed E-state index contributed by atoms with van der Waals surface area (Å²) < 4.78 is 1.93. The number of hydrogen-bond donors (Lipinski definition) is 1. The van der Waals surface area contributed by atoms with Gasteiger partial charge in [0.25, 0.3) is 5.91 Å². The van der Waals surface area contributed by atoms with Crippen LogP contribution in [0.25, 0.3) is 16.9 Å². The maximum Gasteiger partial charge on any atom is 0.252 e. The molecule has 1 N–H and O–H groups in total. The average Bonchev–Trinajstić information content (AvgIpc) is 3.00. The average molecular weight is 347 g/mol. The van der Waals surface area contributed by atoms with Crippen LogP contribution in [0.15, 0.2) is 54.9 Å². The number of amides is 1. The number of hydrogen-bond acceptors (Lipinski definition) is 2. The summed E-state index contributed by atoms with van der Waals surface area (Å²) in [7, 11) is 0. The van der Waals surface area contributed by atoms with Gasteiger partial charge < -0.3 is 9.72 Å². The van der Waals surface area contributed by atoms with Crippen molar-refractivity contribution in [1.82, 2.24) is 14.7 Å². The van der Waals surface area contributed by atoms with Gasteiger partial charge in [0.15, 0.2) is 0 Å². The third-order valence-corrected chi connectivity index (χ3v) is 5.48. The van der Waals surface area contributed by atoms with Crippen molar-refractivity contribution in [3.05, 3.63) is 60.4 Å². The first-order valence-corrected chi connectivity index (χ1v) is 9.25. The zero-order chi connectivity index (χ0) is 18.3. The Morgan fingerprint density at radius 2 is 1.81 bits per heavy atom. The van der Waals surface area contributed by atoms with Crippen LogP contribution in [0.4, 0.5) is 0 Å². The Balaban J connectivity index is 1.48. The van der Waals surface area contributed by atoms with Crippen LogP contribution < -0.4 is 5.32 Å². The second kappa shape index (κ2) is 6.27. The summed E-state index contributed by atoms with van der Waals surface area (Å²) in [6.07, 6.45) is 5.98. The molecule has 0 saturated heterocycles. The van der Waals surface area contributed by atoms with Crippen LogP contribution in [0.3, 0.4) is 0 Å². The van der Waals surface area contributed by atoms with Gasteiger partial charge in [-0.3, -0.25) is 4.79 Å². The van der Waals surface area contributed by atoms with Crippen molar-refractivity contribution in [3.8, 4) is 11.3 Å². The molecule has 1 amide bonds. The summed E-state index contributed by atoms with van der Waals surface area (Å²) in [5.41, 5.74) is 3.83. The highest BCUT2D eigenvalue weighted by Crippen LogP contribution is 2.41. The molecule has 1 aromatic carbocycles. The molecule has 0 spiro atoms. The Hall–Kier alpha value is -2.62. The second-order valence-electron chi connectivity index (χ2n) is 8.38. The summed E-state index contributed by atoms with van der Waals surface area (Å²) in [5.74, 6) is 0.691. The van der Waals surface area contributed by atoms with Gasteiger partial charge in [0.2, 0.25) is 0 Å². The molecule has 0 unspecified atom stereocenters. The lowest BCUT2D eigenvalue weighted by molar-refractivity contribution is 0.0745. The molecule has 0 atom stereocenters. The van der Waals surface area contributed by atoms with Crippen LogP contribution in [0.5, 0.6) is 0 Å². The molecule has 0 radical (unpaired) electrons. The van der Waals surface area contributed by atoms with Crippen molar-refractivity contribution in [1.29, 1.82) is 0 Å². The smallest absolute Gasteiger partial charge is 0.252 e. The van der Waals surface area contributed by atoms with Gasteiger partial charge in [-0.05, 0) is 36.3 Å². The molecular weight excluding hydrogens is 322 g/mol. The molecule has 4 heteroatoms. The summed E-state index contributed by atoms with van der Waals surface area (Å²) in [4.78, 5) is 17.2. The van der Waals surface area contributed by atoms with Crippen molar-refractivity contribution in [2.24, 2.45) is 11.3 Å². The van der Waals surface area contributed by atoms with Crippen LogP contribution in [0.2, 0.25) is 0 Å². The minimum Gasteiger partial charge on any atom is -0.349 e. The molecule has 0 aliphatic heterocycles. The lowest BCUT2D eigenvalue weighted by atomic mass is 9.66. The molecule has 134 valence electrons. The van der Waals surface area contributed by atoms with E-state index in [0.29, 0.717) is 22.9 Å². The molecule has 1 saturated carbocycles. The minimum atomic E-state index is -0.000722. The van der Waals surface area contributed by atoms with E-state index in [4.69, 9.17) is 0 Å². The molecular formula is C22H25N3O. The topological polar surface area (TPSA) is 46.4 Å². The third kappa shape index (κ3) is 3.24. The lowest BCUT2D eigenvalue weighted by Gasteiger charge is -2.43. The summed E-state index contributed by atoms with van der Waals surface area (Å²) in [6, 6.07) is 14.1. The van der Waals surface area contributed by atoms with Gasteiger partial charge in [-0.25, -0.2) is 4.98 Å². The predicted octanol–water partition coefficient (Wildman–Crippen LogP) is 4.56. The van der Waals surface area contributed by atoms with E-state index in [-0.39, 0.29) is 5.91 Å². The fraction of sp³-hybridized carbons (Fsp3) is 0.364. The zero-order valence-corrected chi connectivity index (χ0v) is 15.6. The van der Waals surface area contributed by atoms with E-state index in [0.717, 1.165) is 29.7 Å². The maximum atomic E-state index is 12.6. The molecule has 4 rings (SSSR count). The number of pyridine rings is 1. The van der Waals surface area contributed by atoms with Gasteiger partial charge in [-0.1, -0.05) is 51.1 Å². The molecule has 2 aromatic heterocycles. The maximum absolute atomic E-state index is 12.6. The number of fused-ring (bicyclic) bond motifs is 1. The number of carbonyl (C=O) groups excluding carboxylic acids is 1. The van der Waals surface area contributed by atoms with Crippen LogP contribution in [0, 0.1) is 11.3 Å². The van der Waals surface area contributed by atoms with E-state index in [1.165, 1.54) is 0 Å². The fourth-order valence-corrected chi connectivity index (χ4v) is 3.59. The Morgan fingerprint density at radius 1 is 1.08 bits per heavy atom. The van der Waals surface area contributed by atoms with Gasteiger partial charge in [0.1, 0.15) is 5.65 Å². The van der Waals surface area contributed by atoms with Gasteiger partial charge >= 0.3 is 0 Å². The predicted molar refractivity (Wildman–Crippen MR) is 104 cm³/mol. The third-order valence-electron chi connectivity index (χ3n) is 5.48. The zero-order valence-electron chi connectivity index (χ0n) is 15.6. The van der Waals surface area contributed by atoms with E-state index in [1.807, 2.05) is 59.3 Å². The normalized spacial score (nSPS) is 20.0. The number of carbonyl (C=O) groups is 1. The van der Waals surface area contributed by atoms with Crippen LogP contribution in [-0.2, 0) is 0 Å². The molecule has 4 nitrogen and oxygen atoms in total. The van der Waals surface area contributed by atoms with Crippen molar-refractivity contribution in [3.63, 3.8) is 0 Å². The standard InChI is InChI=1S/C22H25N3O/c1-22(2,3)17-11-18(12-17)23-21(26)16-9-10-20-24-19(14-25(20)13-16)15-7-5-4-6-8-15/h4-10,13-14,17-18H,11-12H2,1-3H3,(H,23,26). The van der Waals surface area contributed by atoms with E-state index >= 15 is 0 Å². The minimum absolute atomic E-state index is 0.000722. The number of aromatic nitrogens is 2. The molecule has 1 aliphatic rings. The lowest BCUT2D eigenvalue weighted by Crippen LogP contribution is -2.48. The monoisotopic (exact) mass is 347 g/mol. The van der Waals surface area contributed by atoms with Gasteiger partial charge in [0.05, 0.1) is 11.3 Å². The van der Waals surface area contributed by atoms with Gasteiger partial charge in [-0.15, -0.1) is 0 Å². The molecule has 0 bridgehead atoms. The highest BCUT2D eigenvalue weighted by Gasteiger charge is 2.37. The van der Waals surface area contributed by atoms with Crippen molar-refractivity contribution in [2.75, 3.05) is 0 Å². The van der Waals surface area contributed by atoms with E-state index < -0.39 is 0 Å². The summed E-state index contributed by atoms with van der Waals surface area (Å²) in [5, 5.41) is 3.17. The van der Waals surface area contributed by atoms with Crippen molar-refractivity contribution in [2.45, 2.75) is 39.7 Å². The molecule has 26 heavy (non-hydrogen) atoms. The Morgan fingerprint density at radius 3 is 2.50 bits per heavy atom. The summed E-state index contributed by atoms with van der Waals surface area (Å²) >= 11 is 0. The number of imidazole rings is 1. The molecule has 3 aromatic rings. The quantitative estimate of drug-likeness (QED) is 0.755. The number of nitrogens with one attached hydrogen (secondary N) is 1. The highest BCUT2D eigenvalue weighted by atomic mass is 16.1. The van der Waals surface area contributed by atoms with Gasteiger partial charge in [0, 0.05) is 24.0 Å². The molecule has 2 heterocycles. The van der Waals surface area contributed by atoms with E-state index in [1.54, 1.807) is 0 Å². The highest BCUT2D eigenvalue weighted by molar-refractivity contribution is 5.94. The first-order valence-electron chi connectivity index (χ1n) is 9.25.